The highest BCUT2D eigenvalue weighted by Gasteiger charge is 2.32. The maximum atomic E-state index is 10.4. The Bertz CT molecular complexity index is 277. The Morgan fingerprint density at radius 1 is 1.37 bits per heavy atom. The monoisotopic (exact) mass is 272 g/mol. The van der Waals surface area contributed by atoms with E-state index in [-0.39, 0.29) is 12.5 Å². The topological polar surface area (TPSA) is 66.8 Å². The lowest BCUT2D eigenvalue weighted by atomic mass is 9.75. The maximum absolute atomic E-state index is 10.4. The van der Waals surface area contributed by atoms with Gasteiger partial charge < -0.3 is 14.9 Å². The molecule has 0 aromatic carbocycles. The van der Waals surface area contributed by atoms with E-state index in [1.807, 2.05) is 0 Å². The van der Waals surface area contributed by atoms with Gasteiger partial charge in [-0.3, -0.25) is 4.79 Å². The van der Waals surface area contributed by atoms with Gasteiger partial charge in [-0.1, -0.05) is 27.2 Å². The third-order valence-electron chi connectivity index (χ3n) is 4.13. The van der Waals surface area contributed by atoms with Crippen LogP contribution in [-0.4, -0.2) is 28.6 Å². The van der Waals surface area contributed by atoms with E-state index in [0.717, 1.165) is 12.8 Å². The molecule has 0 bridgehead atoms. The number of ether oxygens (including phenoxy) is 1. The largest absolute Gasteiger partial charge is 0.481 e. The Morgan fingerprint density at radius 2 is 2.05 bits per heavy atom. The van der Waals surface area contributed by atoms with Crippen LogP contribution in [-0.2, 0) is 9.53 Å². The van der Waals surface area contributed by atoms with Crippen molar-refractivity contribution >= 4 is 5.97 Å². The summed E-state index contributed by atoms with van der Waals surface area (Å²) in [6.07, 6.45) is 3.64. The quantitative estimate of drug-likeness (QED) is 0.699. The number of carboxylic acids is 1. The molecule has 1 aliphatic rings. The van der Waals surface area contributed by atoms with Crippen molar-refractivity contribution in [3.8, 4) is 0 Å². The third kappa shape index (κ3) is 5.91. The first-order valence-corrected chi connectivity index (χ1v) is 7.45. The van der Waals surface area contributed by atoms with Crippen LogP contribution in [0.4, 0.5) is 0 Å². The zero-order valence-corrected chi connectivity index (χ0v) is 12.3. The molecule has 4 nitrogen and oxygen atoms in total. The van der Waals surface area contributed by atoms with Gasteiger partial charge in [-0.25, -0.2) is 0 Å². The van der Waals surface area contributed by atoms with Crippen LogP contribution >= 0.6 is 0 Å². The van der Waals surface area contributed by atoms with Gasteiger partial charge >= 0.3 is 5.97 Å². The number of aliphatic carboxylic acids is 1. The standard InChI is InChI=1S/C15H28O4/c1-10(2)12-8-7-11(3)9-13(12)19-15(18)6-4-5-14(16)17/h10-13,15,18H,4-9H2,1-3H3,(H,16,17)/t11-,12?,13-,15?/m1/s1. The van der Waals surface area contributed by atoms with E-state index in [1.165, 1.54) is 6.42 Å². The molecule has 0 saturated heterocycles. The molecule has 1 fully saturated rings. The number of hydrogen-bond acceptors (Lipinski definition) is 3. The highest BCUT2D eigenvalue weighted by atomic mass is 16.6. The first-order chi connectivity index (χ1) is 8.90. The van der Waals surface area contributed by atoms with Gasteiger partial charge in [0.05, 0.1) is 6.10 Å². The highest BCUT2D eigenvalue weighted by Crippen LogP contribution is 2.35. The number of aliphatic hydroxyl groups is 1. The minimum absolute atomic E-state index is 0.0924. The first-order valence-electron chi connectivity index (χ1n) is 7.45. The molecule has 19 heavy (non-hydrogen) atoms. The van der Waals surface area contributed by atoms with Crippen molar-refractivity contribution < 1.29 is 19.7 Å². The molecule has 112 valence electrons. The Hall–Kier alpha value is -0.610. The van der Waals surface area contributed by atoms with Crippen LogP contribution in [0.2, 0.25) is 0 Å². The fourth-order valence-corrected chi connectivity index (χ4v) is 2.97. The predicted molar refractivity (Wildman–Crippen MR) is 73.7 cm³/mol. The van der Waals surface area contributed by atoms with Gasteiger partial charge in [0, 0.05) is 6.42 Å². The smallest absolute Gasteiger partial charge is 0.303 e. The molecule has 4 heteroatoms. The second-order valence-electron chi connectivity index (χ2n) is 6.24. The molecular weight excluding hydrogens is 244 g/mol. The summed E-state index contributed by atoms with van der Waals surface area (Å²) >= 11 is 0. The highest BCUT2D eigenvalue weighted by molar-refractivity contribution is 5.66. The molecule has 1 saturated carbocycles. The van der Waals surface area contributed by atoms with E-state index in [0.29, 0.717) is 30.6 Å². The zero-order chi connectivity index (χ0) is 14.4. The average molecular weight is 272 g/mol. The summed E-state index contributed by atoms with van der Waals surface area (Å²) in [5.41, 5.74) is 0. The van der Waals surface area contributed by atoms with Crippen molar-refractivity contribution in [2.24, 2.45) is 17.8 Å². The first kappa shape index (κ1) is 16.4. The van der Waals surface area contributed by atoms with Crippen LogP contribution in [0.5, 0.6) is 0 Å². The van der Waals surface area contributed by atoms with Gasteiger partial charge in [0.1, 0.15) is 0 Å². The van der Waals surface area contributed by atoms with Gasteiger partial charge in [0.2, 0.25) is 0 Å². The molecule has 2 N–H and O–H groups in total. The number of carboxylic acid groups (broad SMARTS) is 1. The molecule has 0 aliphatic heterocycles. The van der Waals surface area contributed by atoms with E-state index in [4.69, 9.17) is 9.84 Å². The molecule has 1 rings (SSSR count). The van der Waals surface area contributed by atoms with Gasteiger partial charge in [-0.15, -0.1) is 0 Å². The van der Waals surface area contributed by atoms with Crippen LogP contribution in [0.25, 0.3) is 0 Å². The lowest BCUT2D eigenvalue weighted by Crippen LogP contribution is -2.37. The fraction of sp³-hybridized carbons (Fsp3) is 0.933. The van der Waals surface area contributed by atoms with Crippen molar-refractivity contribution in [1.82, 2.24) is 0 Å². The molecule has 4 atom stereocenters. The second kappa shape index (κ2) is 7.85. The molecule has 0 spiro atoms. The van der Waals surface area contributed by atoms with Crippen LogP contribution in [0.3, 0.4) is 0 Å². The van der Waals surface area contributed by atoms with Crippen molar-refractivity contribution in [3.05, 3.63) is 0 Å². The third-order valence-corrected chi connectivity index (χ3v) is 4.13. The van der Waals surface area contributed by atoms with Crippen LogP contribution in [0, 0.1) is 17.8 Å². The summed E-state index contributed by atoms with van der Waals surface area (Å²) in [6, 6.07) is 0. The Kier molecular flexibility index (Phi) is 6.80. The molecule has 0 aromatic heterocycles. The number of carbonyl (C=O) groups is 1. The number of hydrogen-bond donors (Lipinski definition) is 2. The minimum atomic E-state index is -0.823. The zero-order valence-electron chi connectivity index (χ0n) is 12.3. The fourth-order valence-electron chi connectivity index (χ4n) is 2.97. The summed E-state index contributed by atoms with van der Waals surface area (Å²) < 4.78 is 5.78. The Labute approximate surface area is 116 Å². The molecule has 0 amide bonds. The summed E-state index contributed by atoms with van der Waals surface area (Å²) in [5, 5.41) is 18.5. The Morgan fingerprint density at radius 3 is 2.63 bits per heavy atom. The van der Waals surface area contributed by atoms with Gasteiger partial charge in [0.25, 0.3) is 0 Å². The van der Waals surface area contributed by atoms with E-state index in [1.54, 1.807) is 0 Å². The van der Waals surface area contributed by atoms with E-state index >= 15 is 0 Å². The van der Waals surface area contributed by atoms with Crippen molar-refractivity contribution in [2.75, 3.05) is 0 Å². The van der Waals surface area contributed by atoms with Gasteiger partial charge in [-0.2, -0.15) is 0 Å². The summed E-state index contributed by atoms with van der Waals surface area (Å²) in [5.74, 6) is 0.888. The lowest BCUT2D eigenvalue weighted by Gasteiger charge is -2.38. The summed E-state index contributed by atoms with van der Waals surface area (Å²) in [7, 11) is 0. The second-order valence-corrected chi connectivity index (χ2v) is 6.24. The maximum Gasteiger partial charge on any atom is 0.303 e. The SMILES string of the molecule is CC(C)C1CC[C@@H](C)C[C@H]1OC(O)CCCC(=O)O. The summed E-state index contributed by atoms with van der Waals surface area (Å²) in [4.78, 5) is 10.4. The minimum Gasteiger partial charge on any atom is -0.481 e. The van der Waals surface area contributed by atoms with Crippen molar-refractivity contribution in [2.45, 2.75) is 71.7 Å². The lowest BCUT2D eigenvalue weighted by molar-refractivity contribution is -0.172. The van der Waals surface area contributed by atoms with E-state index < -0.39 is 12.3 Å². The molecule has 0 aromatic rings. The Balaban J connectivity index is 2.40. The summed E-state index contributed by atoms with van der Waals surface area (Å²) in [6.45, 7) is 6.63. The normalized spacial score (nSPS) is 29.4. The van der Waals surface area contributed by atoms with Crippen LogP contribution in [0.1, 0.15) is 59.3 Å². The van der Waals surface area contributed by atoms with E-state index in [2.05, 4.69) is 20.8 Å². The van der Waals surface area contributed by atoms with Crippen molar-refractivity contribution in [3.63, 3.8) is 0 Å². The predicted octanol–water partition coefficient (Wildman–Crippen LogP) is 3.04. The van der Waals surface area contributed by atoms with Crippen LogP contribution in [0.15, 0.2) is 0 Å². The van der Waals surface area contributed by atoms with E-state index in [9.17, 15) is 9.90 Å². The molecule has 0 radical (unpaired) electrons. The van der Waals surface area contributed by atoms with Crippen molar-refractivity contribution in [1.29, 1.82) is 0 Å². The number of aliphatic hydroxyl groups excluding tert-OH is 1. The molecular formula is C15H28O4. The van der Waals surface area contributed by atoms with Gasteiger partial charge in [-0.05, 0) is 43.4 Å². The average Bonchev–Trinajstić information content (AvgIpc) is 2.27. The molecule has 1 aliphatic carbocycles. The number of rotatable bonds is 7. The molecule has 0 heterocycles. The van der Waals surface area contributed by atoms with Gasteiger partial charge in [0.15, 0.2) is 6.29 Å². The molecule has 2 unspecified atom stereocenters. The van der Waals surface area contributed by atoms with Crippen LogP contribution < -0.4 is 0 Å².